The predicted molar refractivity (Wildman–Crippen MR) is 49.0 cm³/mol. The van der Waals surface area contributed by atoms with Crippen LogP contribution in [0.25, 0.3) is 0 Å². The number of halogens is 1. The third kappa shape index (κ3) is 1.95. The minimum atomic E-state index is -0.674. The first kappa shape index (κ1) is 10.8. The second-order valence-electron chi connectivity index (χ2n) is 3.77. The molecule has 0 aromatic carbocycles. The average molecular weight is 208 g/mol. The van der Waals surface area contributed by atoms with Gasteiger partial charge in [-0.3, -0.25) is 9.69 Å². The second kappa shape index (κ2) is 3.82. The molecule has 2 aliphatic rings. The number of likely N-dealkylation sites (tertiary alicyclic amines) is 1. The number of carbonyl (C=O) groups is 1. The molecule has 76 valence electrons. The maximum Gasteiger partial charge on any atom is 0.306 e. The molecule has 0 unspecified atom stereocenters. The quantitative estimate of drug-likeness (QED) is 0.667. The van der Waals surface area contributed by atoms with Crippen molar-refractivity contribution in [1.29, 1.82) is 0 Å². The molecule has 5 heteroatoms. The molecule has 2 rings (SSSR count). The standard InChI is InChI=1S/C8H13NO3.ClH/c10-7-3-9(4-7)6-1-5(2-6)8(11)12;/h5-7,10H,1-4H2,(H,11,12);1H. The average Bonchev–Trinajstić information content (AvgIpc) is 1.79. The highest BCUT2D eigenvalue weighted by molar-refractivity contribution is 5.85. The van der Waals surface area contributed by atoms with E-state index >= 15 is 0 Å². The first-order valence-electron chi connectivity index (χ1n) is 4.31. The lowest BCUT2D eigenvalue weighted by molar-refractivity contribution is -0.149. The molecule has 1 saturated heterocycles. The fourth-order valence-electron chi connectivity index (χ4n) is 1.87. The number of nitrogens with zero attached hydrogens (tertiary/aromatic N) is 1. The highest BCUT2D eigenvalue weighted by Gasteiger charge is 2.41. The Morgan fingerprint density at radius 2 is 1.85 bits per heavy atom. The molecule has 2 fully saturated rings. The number of hydrogen-bond donors (Lipinski definition) is 2. The van der Waals surface area contributed by atoms with E-state index in [1.165, 1.54) is 0 Å². The molecule has 1 aliphatic heterocycles. The molecule has 0 spiro atoms. The molecule has 0 atom stereocenters. The van der Waals surface area contributed by atoms with E-state index in [1.807, 2.05) is 0 Å². The maximum absolute atomic E-state index is 10.5. The van der Waals surface area contributed by atoms with Crippen LogP contribution in [0, 0.1) is 5.92 Å². The third-order valence-electron chi connectivity index (χ3n) is 2.87. The predicted octanol–water partition coefficient (Wildman–Crippen LogP) is -0.0521. The van der Waals surface area contributed by atoms with Gasteiger partial charge in [-0.2, -0.15) is 0 Å². The van der Waals surface area contributed by atoms with E-state index in [1.54, 1.807) is 0 Å². The molecule has 0 aromatic heterocycles. The number of hydrogen-bond acceptors (Lipinski definition) is 3. The van der Waals surface area contributed by atoms with Crippen molar-refractivity contribution in [1.82, 2.24) is 4.90 Å². The number of carboxylic acids is 1. The Labute approximate surface area is 82.9 Å². The normalized spacial score (nSPS) is 34.2. The Hall–Kier alpha value is -0.320. The van der Waals surface area contributed by atoms with Crippen LogP contribution >= 0.6 is 12.4 Å². The van der Waals surface area contributed by atoms with E-state index in [2.05, 4.69) is 4.90 Å². The number of carboxylic acid groups (broad SMARTS) is 1. The van der Waals surface area contributed by atoms with Gasteiger partial charge in [0.1, 0.15) is 0 Å². The summed E-state index contributed by atoms with van der Waals surface area (Å²) in [5.41, 5.74) is 0. The van der Waals surface area contributed by atoms with E-state index in [4.69, 9.17) is 10.2 Å². The number of aliphatic carboxylic acids is 1. The minimum absolute atomic E-state index is 0. The lowest BCUT2D eigenvalue weighted by Crippen LogP contribution is -2.59. The van der Waals surface area contributed by atoms with E-state index < -0.39 is 5.97 Å². The SMILES string of the molecule is Cl.O=C(O)C1CC(N2CC(O)C2)C1. The maximum atomic E-state index is 10.5. The van der Waals surface area contributed by atoms with E-state index in [0.717, 1.165) is 25.9 Å². The fraction of sp³-hybridized carbons (Fsp3) is 0.875. The molecular formula is C8H14ClNO3. The molecule has 0 bridgehead atoms. The zero-order valence-electron chi connectivity index (χ0n) is 7.22. The van der Waals surface area contributed by atoms with Gasteiger partial charge in [0.05, 0.1) is 12.0 Å². The minimum Gasteiger partial charge on any atom is -0.481 e. The van der Waals surface area contributed by atoms with Crippen molar-refractivity contribution in [3.63, 3.8) is 0 Å². The second-order valence-corrected chi connectivity index (χ2v) is 3.77. The summed E-state index contributed by atoms with van der Waals surface area (Å²) < 4.78 is 0. The van der Waals surface area contributed by atoms with Crippen molar-refractivity contribution in [2.24, 2.45) is 5.92 Å². The molecular weight excluding hydrogens is 194 g/mol. The number of rotatable bonds is 2. The summed E-state index contributed by atoms with van der Waals surface area (Å²) in [6, 6.07) is 0.425. The van der Waals surface area contributed by atoms with Crippen molar-refractivity contribution < 1.29 is 15.0 Å². The van der Waals surface area contributed by atoms with Crippen molar-refractivity contribution in [2.45, 2.75) is 25.0 Å². The zero-order chi connectivity index (χ0) is 8.72. The molecule has 1 heterocycles. The third-order valence-corrected chi connectivity index (χ3v) is 2.87. The number of β-amino-alcohol motifs (C(OH)–C–C–N with tert-alkyl or cyclic N) is 1. The number of aliphatic hydroxyl groups is 1. The van der Waals surface area contributed by atoms with Gasteiger partial charge in [-0.25, -0.2) is 0 Å². The van der Waals surface area contributed by atoms with Crippen LogP contribution in [0.2, 0.25) is 0 Å². The van der Waals surface area contributed by atoms with Crippen molar-refractivity contribution in [3.8, 4) is 0 Å². The smallest absolute Gasteiger partial charge is 0.306 e. The van der Waals surface area contributed by atoms with Gasteiger partial charge in [0, 0.05) is 19.1 Å². The molecule has 0 radical (unpaired) electrons. The van der Waals surface area contributed by atoms with Crippen LogP contribution in [0.4, 0.5) is 0 Å². The summed E-state index contributed by atoms with van der Waals surface area (Å²) >= 11 is 0. The Kier molecular flexibility index (Phi) is 3.16. The highest BCUT2D eigenvalue weighted by Crippen LogP contribution is 2.34. The van der Waals surface area contributed by atoms with Crippen molar-refractivity contribution in [2.75, 3.05) is 13.1 Å². The van der Waals surface area contributed by atoms with Crippen LogP contribution in [-0.2, 0) is 4.79 Å². The summed E-state index contributed by atoms with van der Waals surface area (Å²) in [5.74, 6) is -0.805. The first-order chi connectivity index (χ1) is 5.66. The molecule has 0 aromatic rings. The molecule has 1 aliphatic carbocycles. The molecule has 13 heavy (non-hydrogen) atoms. The fourth-order valence-corrected chi connectivity index (χ4v) is 1.87. The molecule has 4 nitrogen and oxygen atoms in total. The van der Waals surface area contributed by atoms with Crippen LogP contribution < -0.4 is 0 Å². The topological polar surface area (TPSA) is 60.8 Å². The van der Waals surface area contributed by atoms with Gasteiger partial charge in [0.15, 0.2) is 0 Å². The Morgan fingerprint density at radius 3 is 2.23 bits per heavy atom. The Balaban J connectivity index is 0.000000845. The zero-order valence-corrected chi connectivity index (χ0v) is 8.04. The van der Waals surface area contributed by atoms with E-state index in [-0.39, 0.29) is 24.4 Å². The summed E-state index contributed by atoms with van der Waals surface area (Å²) in [5, 5.41) is 17.6. The van der Waals surface area contributed by atoms with Crippen LogP contribution in [0.5, 0.6) is 0 Å². The summed E-state index contributed by atoms with van der Waals surface area (Å²) in [4.78, 5) is 12.6. The van der Waals surface area contributed by atoms with Gasteiger partial charge < -0.3 is 10.2 Å². The summed E-state index contributed by atoms with van der Waals surface area (Å²) in [6.45, 7) is 1.47. The summed E-state index contributed by atoms with van der Waals surface area (Å²) in [6.07, 6.45) is 1.36. The van der Waals surface area contributed by atoms with Crippen LogP contribution in [-0.4, -0.2) is 46.3 Å². The van der Waals surface area contributed by atoms with Crippen LogP contribution in [0.1, 0.15) is 12.8 Å². The van der Waals surface area contributed by atoms with Crippen molar-refractivity contribution >= 4 is 18.4 Å². The lowest BCUT2D eigenvalue weighted by Gasteiger charge is -2.48. The van der Waals surface area contributed by atoms with E-state index in [9.17, 15) is 4.79 Å². The first-order valence-corrected chi connectivity index (χ1v) is 4.31. The van der Waals surface area contributed by atoms with Crippen LogP contribution in [0.15, 0.2) is 0 Å². The Bertz CT molecular complexity index is 200. The van der Waals surface area contributed by atoms with Gasteiger partial charge in [0.2, 0.25) is 0 Å². The molecule has 0 amide bonds. The highest BCUT2D eigenvalue weighted by atomic mass is 35.5. The van der Waals surface area contributed by atoms with Crippen molar-refractivity contribution in [3.05, 3.63) is 0 Å². The van der Waals surface area contributed by atoms with Gasteiger partial charge in [-0.1, -0.05) is 0 Å². The van der Waals surface area contributed by atoms with Gasteiger partial charge in [-0.05, 0) is 12.8 Å². The largest absolute Gasteiger partial charge is 0.481 e. The number of aliphatic hydroxyl groups excluding tert-OH is 1. The lowest BCUT2D eigenvalue weighted by atomic mass is 9.78. The van der Waals surface area contributed by atoms with Gasteiger partial charge >= 0.3 is 5.97 Å². The Morgan fingerprint density at radius 1 is 1.31 bits per heavy atom. The monoisotopic (exact) mass is 207 g/mol. The molecule has 2 N–H and O–H groups in total. The van der Waals surface area contributed by atoms with Crippen LogP contribution in [0.3, 0.4) is 0 Å². The summed E-state index contributed by atoms with van der Waals surface area (Å²) in [7, 11) is 0. The van der Waals surface area contributed by atoms with Gasteiger partial charge in [0.25, 0.3) is 0 Å². The van der Waals surface area contributed by atoms with Gasteiger partial charge in [-0.15, -0.1) is 12.4 Å². The molecule has 1 saturated carbocycles. The van der Waals surface area contributed by atoms with E-state index in [0.29, 0.717) is 6.04 Å².